The van der Waals surface area contributed by atoms with Crippen molar-refractivity contribution in [1.82, 2.24) is 0 Å². The van der Waals surface area contributed by atoms with Crippen molar-refractivity contribution in [3.8, 4) is 5.75 Å². The topological polar surface area (TPSA) is 63.8 Å². The Balaban J connectivity index is 1.89. The quantitative estimate of drug-likeness (QED) is 0.531. The monoisotopic (exact) mass is 388 g/mol. The summed E-state index contributed by atoms with van der Waals surface area (Å²) in [5, 5.41) is 3.53. The fourth-order valence-electron chi connectivity index (χ4n) is 2.88. The number of ether oxygens (including phenoxy) is 1. The van der Waals surface area contributed by atoms with Crippen LogP contribution < -0.4 is 15.6 Å². The molecule has 1 heterocycles. The van der Waals surface area contributed by atoms with Crippen LogP contribution in [-0.4, -0.2) is 13.0 Å². The number of carbonyl (C=O) groups excluding carboxylic acids is 1. The van der Waals surface area contributed by atoms with E-state index in [1.807, 2.05) is 30.3 Å². The summed E-state index contributed by atoms with van der Waals surface area (Å²) in [7, 11) is 1.54. The fourth-order valence-corrected chi connectivity index (χ4v) is 2.88. The predicted octanol–water partition coefficient (Wildman–Crippen LogP) is 5.07. The molecule has 0 radical (unpaired) electrons. The standard InChI is InChI=1S/C23H17FN2O3/c1-28-20-9-5-6-15-14-19(22(27)25-17-7-3-2-4-8-17)23(29-21(15)20)26-18-12-10-16(24)11-13-18/h2-14H,1H3,(H,25,27). The molecule has 1 N–H and O–H groups in total. The average Bonchev–Trinajstić information content (AvgIpc) is 2.75. The number of amides is 1. The van der Waals surface area contributed by atoms with Gasteiger partial charge in [-0.15, -0.1) is 0 Å². The first kappa shape index (κ1) is 18.4. The maximum Gasteiger partial charge on any atom is 0.261 e. The van der Waals surface area contributed by atoms with Gasteiger partial charge in [-0.2, -0.15) is 0 Å². The van der Waals surface area contributed by atoms with Gasteiger partial charge in [-0.3, -0.25) is 4.79 Å². The molecule has 5 nitrogen and oxygen atoms in total. The molecule has 3 aromatic carbocycles. The van der Waals surface area contributed by atoms with E-state index in [9.17, 15) is 9.18 Å². The molecule has 144 valence electrons. The summed E-state index contributed by atoms with van der Waals surface area (Å²) < 4.78 is 24.6. The molecule has 0 fully saturated rings. The van der Waals surface area contributed by atoms with Crippen LogP contribution in [0, 0.1) is 5.82 Å². The number of benzene rings is 3. The van der Waals surface area contributed by atoms with Crippen LogP contribution in [-0.2, 0) is 0 Å². The Kier molecular flexibility index (Phi) is 5.07. The van der Waals surface area contributed by atoms with Crippen LogP contribution in [0.5, 0.6) is 5.75 Å². The SMILES string of the molecule is COc1cccc2cc(C(=O)Nc3ccccc3)c(=Nc3ccc(F)cc3)oc12. The van der Waals surface area contributed by atoms with Crippen LogP contribution in [0.1, 0.15) is 10.4 Å². The number of rotatable bonds is 4. The Morgan fingerprint density at radius 1 is 1.00 bits per heavy atom. The first-order valence-corrected chi connectivity index (χ1v) is 8.91. The summed E-state index contributed by atoms with van der Waals surface area (Å²) in [5.41, 5.74) is 1.92. The van der Waals surface area contributed by atoms with Crippen molar-refractivity contribution in [3.05, 3.63) is 95.8 Å². The van der Waals surface area contributed by atoms with Crippen molar-refractivity contribution < 1.29 is 18.3 Å². The zero-order chi connectivity index (χ0) is 20.2. The van der Waals surface area contributed by atoms with Crippen molar-refractivity contribution in [2.75, 3.05) is 12.4 Å². The molecule has 0 unspecified atom stereocenters. The highest BCUT2D eigenvalue weighted by atomic mass is 19.1. The van der Waals surface area contributed by atoms with Crippen LogP contribution in [0.3, 0.4) is 0 Å². The first-order valence-electron chi connectivity index (χ1n) is 8.91. The smallest absolute Gasteiger partial charge is 0.261 e. The Morgan fingerprint density at radius 3 is 2.48 bits per heavy atom. The zero-order valence-corrected chi connectivity index (χ0v) is 15.6. The van der Waals surface area contributed by atoms with Gasteiger partial charge in [0.1, 0.15) is 11.4 Å². The number of para-hydroxylation sites is 2. The van der Waals surface area contributed by atoms with Gasteiger partial charge in [0.15, 0.2) is 11.3 Å². The predicted molar refractivity (Wildman–Crippen MR) is 109 cm³/mol. The molecule has 0 saturated carbocycles. The second kappa shape index (κ2) is 7.98. The van der Waals surface area contributed by atoms with E-state index in [4.69, 9.17) is 9.15 Å². The number of carbonyl (C=O) groups is 1. The molecule has 0 saturated heterocycles. The van der Waals surface area contributed by atoms with Crippen molar-refractivity contribution in [3.63, 3.8) is 0 Å². The molecule has 4 rings (SSSR count). The minimum Gasteiger partial charge on any atom is -0.493 e. The number of fused-ring (bicyclic) bond motifs is 1. The van der Waals surface area contributed by atoms with E-state index < -0.39 is 0 Å². The summed E-state index contributed by atoms with van der Waals surface area (Å²) in [4.78, 5) is 17.4. The molecule has 0 atom stereocenters. The minimum absolute atomic E-state index is 0.0991. The highest BCUT2D eigenvalue weighted by molar-refractivity contribution is 6.05. The van der Waals surface area contributed by atoms with Crippen LogP contribution in [0.15, 0.2) is 88.3 Å². The molecule has 0 bridgehead atoms. The normalized spacial score (nSPS) is 11.4. The van der Waals surface area contributed by atoms with Crippen molar-refractivity contribution in [2.45, 2.75) is 0 Å². The van der Waals surface area contributed by atoms with Crippen LogP contribution in [0.2, 0.25) is 0 Å². The summed E-state index contributed by atoms with van der Waals surface area (Å²) in [5.74, 6) is -0.221. The number of methoxy groups -OCH3 is 1. The van der Waals surface area contributed by atoms with Crippen molar-refractivity contribution in [2.24, 2.45) is 4.99 Å². The molecule has 0 aliphatic heterocycles. The summed E-state index contributed by atoms with van der Waals surface area (Å²) in [6.07, 6.45) is 0. The van der Waals surface area contributed by atoms with Gasteiger partial charge in [-0.25, -0.2) is 9.38 Å². The molecule has 4 aromatic rings. The van der Waals surface area contributed by atoms with Gasteiger partial charge in [0.25, 0.3) is 5.91 Å². The minimum atomic E-state index is -0.372. The molecule has 1 amide bonds. The number of anilines is 1. The highest BCUT2D eigenvalue weighted by Gasteiger charge is 2.15. The number of halogens is 1. The van der Waals surface area contributed by atoms with E-state index in [-0.39, 0.29) is 22.8 Å². The molecule has 0 aliphatic carbocycles. The van der Waals surface area contributed by atoms with E-state index in [0.717, 1.165) is 0 Å². The molecule has 0 spiro atoms. The van der Waals surface area contributed by atoms with Crippen molar-refractivity contribution in [1.29, 1.82) is 0 Å². The first-order chi connectivity index (χ1) is 14.1. The van der Waals surface area contributed by atoms with Gasteiger partial charge in [0.2, 0.25) is 5.55 Å². The summed E-state index contributed by atoms with van der Waals surface area (Å²) >= 11 is 0. The van der Waals surface area contributed by atoms with Crippen LogP contribution in [0.4, 0.5) is 15.8 Å². The Morgan fingerprint density at radius 2 is 1.76 bits per heavy atom. The average molecular weight is 388 g/mol. The lowest BCUT2D eigenvalue weighted by atomic mass is 10.1. The largest absolute Gasteiger partial charge is 0.493 e. The second-order valence-corrected chi connectivity index (χ2v) is 6.25. The fraction of sp³-hybridized carbons (Fsp3) is 0.0435. The number of hydrogen-bond acceptors (Lipinski definition) is 4. The van der Waals surface area contributed by atoms with Crippen LogP contribution in [0.25, 0.3) is 11.0 Å². The Labute approximate surface area is 166 Å². The molecule has 29 heavy (non-hydrogen) atoms. The molecular formula is C23H17FN2O3. The molecule has 6 heteroatoms. The summed E-state index contributed by atoms with van der Waals surface area (Å²) in [6.45, 7) is 0. The van der Waals surface area contributed by atoms with E-state index in [1.54, 1.807) is 24.3 Å². The molecule has 1 aromatic heterocycles. The second-order valence-electron chi connectivity index (χ2n) is 6.25. The van der Waals surface area contributed by atoms with E-state index in [2.05, 4.69) is 10.3 Å². The van der Waals surface area contributed by atoms with E-state index >= 15 is 0 Å². The maximum atomic E-state index is 13.2. The summed E-state index contributed by atoms with van der Waals surface area (Å²) in [6, 6.07) is 21.8. The van der Waals surface area contributed by atoms with E-state index in [1.165, 1.54) is 31.4 Å². The molecular weight excluding hydrogens is 371 g/mol. The third-order valence-electron chi connectivity index (χ3n) is 4.29. The van der Waals surface area contributed by atoms with Crippen molar-refractivity contribution >= 4 is 28.3 Å². The third kappa shape index (κ3) is 4.01. The van der Waals surface area contributed by atoms with Gasteiger partial charge < -0.3 is 14.5 Å². The van der Waals surface area contributed by atoms with Gasteiger partial charge in [-0.05, 0) is 48.5 Å². The number of nitrogens with zero attached hydrogens (tertiary/aromatic N) is 1. The maximum absolute atomic E-state index is 13.2. The number of nitrogens with one attached hydrogen (secondary N) is 1. The number of hydrogen-bond donors (Lipinski definition) is 1. The third-order valence-corrected chi connectivity index (χ3v) is 4.29. The lowest BCUT2D eigenvalue weighted by Crippen LogP contribution is -2.21. The Hall–Kier alpha value is -3.93. The Bertz CT molecular complexity index is 1230. The van der Waals surface area contributed by atoms with Gasteiger partial charge >= 0.3 is 0 Å². The van der Waals surface area contributed by atoms with E-state index in [0.29, 0.717) is 28.1 Å². The molecule has 0 aliphatic rings. The lowest BCUT2D eigenvalue weighted by molar-refractivity contribution is 0.102. The van der Waals surface area contributed by atoms with Crippen LogP contribution >= 0.6 is 0 Å². The van der Waals surface area contributed by atoms with Gasteiger partial charge in [0, 0.05) is 11.1 Å². The highest BCUT2D eigenvalue weighted by Crippen LogP contribution is 2.25. The zero-order valence-electron chi connectivity index (χ0n) is 15.6. The van der Waals surface area contributed by atoms with Gasteiger partial charge in [0.05, 0.1) is 12.8 Å². The lowest BCUT2D eigenvalue weighted by Gasteiger charge is -2.09. The van der Waals surface area contributed by atoms with Gasteiger partial charge in [-0.1, -0.05) is 30.3 Å².